The molecule has 3 aromatic rings. The van der Waals surface area contributed by atoms with E-state index in [9.17, 15) is 9.59 Å². The number of carbonyl (C=O) groups excluding carboxylic acids is 2. The lowest BCUT2D eigenvalue weighted by atomic mass is 10.1. The molecule has 2 heterocycles. The third-order valence-electron chi connectivity index (χ3n) is 4.70. The Hall–Kier alpha value is -3.25. The van der Waals surface area contributed by atoms with Gasteiger partial charge in [0.05, 0.1) is 23.4 Å². The van der Waals surface area contributed by atoms with Crippen molar-refractivity contribution in [1.29, 1.82) is 0 Å². The molecule has 0 atom stereocenters. The van der Waals surface area contributed by atoms with Crippen molar-refractivity contribution in [1.82, 2.24) is 5.32 Å². The van der Waals surface area contributed by atoms with Gasteiger partial charge in [0, 0.05) is 17.5 Å². The van der Waals surface area contributed by atoms with Crippen molar-refractivity contribution < 1.29 is 14.0 Å². The van der Waals surface area contributed by atoms with Crippen LogP contribution in [0.4, 0.5) is 5.69 Å². The van der Waals surface area contributed by atoms with Crippen molar-refractivity contribution in [3.8, 4) is 0 Å². The zero-order chi connectivity index (χ0) is 20.4. The second-order valence-electron chi connectivity index (χ2n) is 6.83. The zero-order valence-electron chi connectivity index (χ0n) is 16.1. The molecule has 0 saturated carbocycles. The number of fused-ring (bicyclic) bond motifs is 1. The molecule has 146 valence electrons. The molecular formula is C23H20N2O3S. The summed E-state index contributed by atoms with van der Waals surface area (Å²) >= 11 is 1.42. The van der Waals surface area contributed by atoms with Crippen LogP contribution in [-0.4, -0.2) is 18.9 Å². The number of likely N-dealkylation sites (N-methyl/N-ethyl adjacent to an activating group) is 1. The second-order valence-corrected chi connectivity index (χ2v) is 7.91. The first-order chi connectivity index (χ1) is 14.0. The smallest absolute Gasteiger partial charge is 0.264 e. The minimum atomic E-state index is -0.212. The molecule has 0 saturated heterocycles. The highest BCUT2D eigenvalue weighted by atomic mass is 32.2. The third kappa shape index (κ3) is 4.12. The lowest BCUT2D eigenvalue weighted by Gasteiger charge is -2.27. The van der Waals surface area contributed by atoms with Gasteiger partial charge in [-0.2, -0.15) is 0 Å². The predicted octanol–water partition coefficient (Wildman–Crippen LogP) is 4.63. The van der Waals surface area contributed by atoms with Gasteiger partial charge in [-0.1, -0.05) is 41.6 Å². The fourth-order valence-corrected chi connectivity index (χ4v) is 4.12. The molecule has 1 aromatic heterocycles. The van der Waals surface area contributed by atoms with E-state index in [-0.39, 0.29) is 11.8 Å². The van der Waals surface area contributed by atoms with E-state index < -0.39 is 0 Å². The molecule has 4 rings (SSSR count). The van der Waals surface area contributed by atoms with Crippen LogP contribution >= 0.6 is 11.8 Å². The number of thioether (sulfide) groups is 1. The molecule has 2 aromatic carbocycles. The lowest BCUT2D eigenvalue weighted by molar-refractivity contribution is -0.114. The van der Waals surface area contributed by atoms with Crippen molar-refractivity contribution >= 4 is 35.3 Å². The Morgan fingerprint density at radius 1 is 1.17 bits per heavy atom. The maximum atomic E-state index is 12.8. The predicted molar refractivity (Wildman–Crippen MR) is 115 cm³/mol. The molecule has 5 nitrogen and oxygen atoms in total. The van der Waals surface area contributed by atoms with Crippen molar-refractivity contribution in [2.24, 2.45) is 0 Å². The average Bonchev–Trinajstić information content (AvgIpc) is 3.25. The molecule has 1 N–H and O–H groups in total. The van der Waals surface area contributed by atoms with Crippen molar-refractivity contribution in [3.05, 3.63) is 88.2 Å². The molecule has 0 spiro atoms. The molecule has 0 unspecified atom stereocenters. The number of anilines is 1. The van der Waals surface area contributed by atoms with Crippen LogP contribution in [-0.2, 0) is 11.3 Å². The summed E-state index contributed by atoms with van der Waals surface area (Å²) in [6, 6.07) is 17.0. The number of nitrogens with zero attached hydrogens (tertiary/aromatic N) is 1. The number of carbonyl (C=O) groups is 2. The van der Waals surface area contributed by atoms with Gasteiger partial charge in [0.25, 0.3) is 11.8 Å². The number of amides is 2. The SMILES string of the molecule is Cc1ccc(/C=C2\Sc3ccc(C(=O)NCc4ccco4)cc3N(C)C2=O)cc1. The summed E-state index contributed by atoms with van der Waals surface area (Å²) in [4.78, 5) is 28.5. The van der Waals surface area contributed by atoms with Crippen LogP contribution in [0.3, 0.4) is 0 Å². The van der Waals surface area contributed by atoms with E-state index in [0.717, 1.165) is 16.1 Å². The maximum Gasteiger partial charge on any atom is 0.264 e. The van der Waals surface area contributed by atoms with Gasteiger partial charge in [0.2, 0.25) is 0 Å². The first-order valence-corrected chi connectivity index (χ1v) is 10.0. The fourth-order valence-electron chi connectivity index (χ4n) is 3.03. The molecule has 1 aliphatic heterocycles. The summed E-state index contributed by atoms with van der Waals surface area (Å²) in [5, 5.41) is 2.83. The Morgan fingerprint density at radius 3 is 2.69 bits per heavy atom. The van der Waals surface area contributed by atoms with E-state index in [1.165, 1.54) is 17.3 Å². The van der Waals surface area contributed by atoms with Crippen LogP contribution in [0.1, 0.15) is 27.2 Å². The Morgan fingerprint density at radius 2 is 1.97 bits per heavy atom. The van der Waals surface area contributed by atoms with Crippen LogP contribution in [0.2, 0.25) is 0 Å². The summed E-state index contributed by atoms with van der Waals surface area (Å²) in [7, 11) is 1.73. The van der Waals surface area contributed by atoms with Gasteiger partial charge in [-0.25, -0.2) is 0 Å². The zero-order valence-corrected chi connectivity index (χ0v) is 17.0. The lowest BCUT2D eigenvalue weighted by Crippen LogP contribution is -2.31. The van der Waals surface area contributed by atoms with Crippen LogP contribution in [0.5, 0.6) is 0 Å². The molecule has 2 amide bonds. The standard InChI is InChI=1S/C23H20N2O3S/c1-15-5-7-16(8-6-15)12-21-23(27)25(2)19-13-17(9-10-20(19)29-21)22(26)24-14-18-4-3-11-28-18/h3-13H,14H2,1-2H3,(H,24,26)/b21-12-. The molecule has 0 aliphatic carbocycles. The van der Waals surface area contributed by atoms with E-state index in [4.69, 9.17) is 4.42 Å². The number of nitrogens with one attached hydrogen (secondary N) is 1. The fraction of sp³-hybridized carbons (Fsp3) is 0.130. The quantitative estimate of drug-likeness (QED) is 0.644. The highest BCUT2D eigenvalue weighted by Gasteiger charge is 2.27. The van der Waals surface area contributed by atoms with Crippen LogP contribution in [0.25, 0.3) is 6.08 Å². The summed E-state index contributed by atoms with van der Waals surface area (Å²) in [5.74, 6) is 0.386. The highest BCUT2D eigenvalue weighted by molar-refractivity contribution is 8.04. The van der Waals surface area contributed by atoms with E-state index in [0.29, 0.717) is 22.8 Å². The minimum Gasteiger partial charge on any atom is -0.467 e. The van der Waals surface area contributed by atoms with E-state index in [1.807, 2.05) is 43.3 Å². The van der Waals surface area contributed by atoms with Crippen molar-refractivity contribution in [2.75, 3.05) is 11.9 Å². The second kappa shape index (κ2) is 8.01. The maximum absolute atomic E-state index is 12.8. The van der Waals surface area contributed by atoms with Crippen LogP contribution in [0.15, 0.2) is 75.1 Å². The minimum absolute atomic E-state index is 0.0868. The first-order valence-electron chi connectivity index (χ1n) is 9.20. The largest absolute Gasteiger partial charge is 0.467 e. The summed E-state index contributed by atoms with van der Waals surface area (Å²) in [5.41, 5.74) is 3.39. The van der Waals surface area contributed by atoms with Crippen molar-refractivity contribution in [3.63, 3.8) is 0 Å². The Bertz CT molecular complexity index is 1090. The van der Waals surface area contributed by atoms with E-state index >= 15 is 0 Å². The van der Waals surface area contributed by atoms with Gasteiger partial charge in [0.1, 0.15) is 5.76 Å². The van der Waals surface area contributed by atoms with Gasteiger partial charge in [-0.15, -0.1) is 0 Å². The van der Waals surface area contributed by atoms with Crippen LogP contribution in [0, 0.1) is 6.92 Å². The topological polar surface area (TPSA) is 62.6 Å². The Labute approximate surface area is 173 Å². The molecule has 0 fully saturated rings. The number of aryl methyl sites for hydroxylation is 1. The molecule has 29 heavy (non-hydrogen) atoms. The molecule has 0 bridgehead atoms. The highest BCUT2D eigenvalue weighted by Crippen LogP contribution is 2.42. The third-order valence-corrected chi connectivity index (χ3v) is 5.77. The van der Waals surface area contributed by atoms with Crippen molar-refractivity contribution in [2.45, 2.75) is 18.4 Å². The number of benzene rings is 2. The van der Waals surface area contributed by atoms with Crippen LogP contribution < -0.4 is 10.2 Å². The van der Waals surface area contributed by atoms with E-state index in [1.54, 1.807) is 42.5 Å². The summed E-state index contributed by atoms with van der Waals surface area (Å²) < 4.78 is 5.23. The van der Waals surface area contributed by atoms with Gasteiger partial charge in [-0.3, -0.25) is 9.59 Å². The number of rotatable bonds is 4. The molecule has 0 radical (unpaired) electrons. The Kier molecular flexibility index (Phi) is 5.27. The van der Waals surface area contributed by atoms with Gasteiger partial charge in [0.15, 0.2) is 0 Å². The van der Waals surface area contributed by atoms with Gasteiger partial charge >= 0.3 is 0 Å². The monoisotopic (exact) mass is 404 g/mol. The van der Waals surface area contributed by atoms with E-state index in [2.05, 4.69) is 5.32 Å². The summed E-state index contributed by atoms with van der Waals surface area (Å²) in [6.45, 7) is 2.35. The molecule has 1 aliphatic rings. The average molecular weight is 404 g/mol. The van der Waals surface area contributed by atoms with Gasteiger partial charge in [-0.05, 0) is 48.9 Å². The molecular weight excluding hydrogens is 384 g/mol. The first kappa shape index (κ1) is 19.1. The number of hydrogen-bond donors (Lipinski definition) is 1. The Balaban J connectivity index is 1.55. The summed E-state index contributed by atoms with van der Waals surface area (Å²) in [6.07, 6.45) is 3.47. The normalized spacial score (nSPS) is 14.8. The molecule has 6 heteroatoms. The number of hydrogen-bond acceptors (Lipinski definition) is 4. The van der Waals surface area contributed by atoms with Gasteiger partial charge < -0.3 is 14.6 Å². The number of furan rings is 1.